The fourth-order valence-electron chi connectivity index (χ4n) is 3.22. The van der Waals surface area contributed by atoms with Crippen LogP contribution in [0.15, 0.2) is 36.9 Å². The predicted molar refractivity (Wildman–Crippen MR) is 111 cm³/mol. The molecule has 0 bridgehead atoms. The zero-order valence-corrected chi connectivity index (χ0v) is 17.5. The lowest BCUT2D eigenvalue weighted by molar-refractivity contribution is 0.409. The quantitative estimate of drug-likeness (QED) is 0.522. The average molecular weight is 440 g/mol. The van der Waals surface area contributed by atoms with Crippen molar-refractivity contribution in [1.82, 2.24) is 0 Å². The van der Waals surface area contributed by atoms with E-state index in [-0.39, 0.29) is 23.5 Å². The second kappa shape index (κ2) is 8.22. The van der Waals surface area contributed by atoms with Crippen LogP contribution in [0.2, 0.25) is 0 Å². The first kappa shape index (κ1) is 22.0. The summed E-state index contributed by atoms with van der Waals surface area (Å²) in [6.07, 6.45) is 3.13. The molecule has 0 saturated heterocycles. The standard InChI is InChI=1S/C21H23F3N2O3S/c1-4-8-21(9-10-21)30(27,28)26-19-17(29-3)12-15(23)18(24)20(19)25-16-7-6-13(5-2)11-14(16)22/h4,6-7,11-12,25-26H,1,5,8-10H2,2-3H3. The molecule has 0 unspecified atom stereocenters. The highest BCUT2D eigenvalue weighted by molar-refractivity contribution is 7.94. The molecule has 1 aliphatic rings. The number of hydrogen-bond acceptors (Lipinski definition) is 4. The van der Waals surface area contributed by atoms with Gasteiger partial charge in [-0.3, -0.25) is 4.72 Å². The van der Waals surface area contributed by atoms with E-state index in [0.29, 0.717) is 19.3 Å². The molecule has 9 heteroatoms. The van der Waals surface area contributed by atoms with Crippen LogP contribution in [0.4, 0.5) is 30.2 Å². The van der Waals surface area contributed by atoms with E-state index in [1.165, 1.54) is 25.3 Å². The highest BCUT2D eigenvalue weighted by Gasteiger charge is 2.54. The third-order valence-electron chi connectivity index (χ3n) is 5.24. The molecule has 0 radical (unpaired) electrons. The highest BCUT2D eigenvalue weighted by atomic mass is 32.2. The maximum Gasteiger partial charge on any atom is 0.238 e. The van der Waals surface area contributed by atoms with Gasteiger partial charge in [-0.05, 0) is 43.4 Å². The van der Waals surface area contributed by atoms with E-state index in [2.05, 4.69) is 16.6 Å². The molecule has 30 heavy (non-hydrogen) atoms. The van der Waals surface area contributed by atoms with Crippen molar-refractivity contribution in [2.75, 3.05) is 17.1 Å². The Morgan fingerprint density at radius 2 is 1.87 bits per heavy atom. The summed E-state index contributed by atoms with van der Waals surface area (Å²) in [5.41, 5.74) is -0.304. The fourth-order valence-corrected chi connectivity index (χ4v) is 4.89. The number of nitrogens with one attached hydrogen (secondary N) is 2. The second-order valence-corrected chi connectivity index (χ2v) is 9.28. The summed E-state index contributed by atoms with van der Waals surface area (Å²) in [6, 6.07) is 5.02. The Kier molecular flexibility index (Phi) is 6.03. The molecule has 0 aliphatic heterocycles. The first-order valence-electron chi connectivity index (χ1n) is 9.42. The Hall–Kier alpha value is -2.68. The monoisotopic (exact) mass is 440 g/mol. The van der Waals surface area contributed by atoms with Gasteiger partial charge < -0.3 is 10.1 Å². The van der Waals surface area contributed by atoms with Crippen molar-refractivity contribution in [2.45, 2.75) is 37.4 Å². The molecule has 2 aromatic rings. The molecule has 0 heterocycles. The summed E-state index contributed by atoms with van der Waals surface area (Å²) in [5.74, 6) is -3.55. The number of methoxy groups -OCH3 is 1. The molecule has 0 aromatic heterocycles. The smallest absolute Gasteiger partial charge is 0.238 e. The lowest BCUT2D eigenvalue weighted by atomic mass is 10.1. The van der Waals surface area contributed by atoms with Gasteiger partial charge in [0.15, 0.2) is 11.6 Å². The number of halogens is 3. The van der Waals surface area contributed by atoms with Crippen LogP contribution in [0.3, 0.4) is 0 Å². The summed E-state index contributed by atoms with van der Waals surface area (Å²) in [7, 11) is -2.79. The van der Waals surface area contributed by atoms with Crippen LogP contribution < -0.4 is 14.8 Å². The minimum absolute atomic E-state index is 0.133. The average Bonchev–Trinajstić information content (AvgIpc) is 3.50. The van der Waals surface area contributed by atoms with Crippen molar-refractivity contribution in [3.63, 3.8) is 0 Å². The van der Waals surface area contributed by atoms with Crippen LogP contribution >= 0.6 is 0 Å². The van der Waals surface area contributed by atoms with Crippen LogP contribution in [0.25, 0.3) is 0 Å². The van der Waals surface area contributed by atoms with Crippen LogP contribution in [0.5, 0.6) is 5.75 Å². The number of benzene rings is 2. The van der Waals surface area contributed by atoms with E-state index in [1.54, 1.807) is 6.07 Å². The first-order valence-corrected chi connectivity index (χ1v) is 10.9. The van der Waals surface area contributed by atoms with Crippen LogP contribution in [-0.4, -0.2) is 20.3 Å². The Labute approximate surface area is 174 Å². The first-order chi connectivity index (χ1) is 14.2. The van der Waals surface area contributed by atoms with Crippen LogP contribution in [0.1, 0.15) is 31.7 Å². The number of rotatable bonds is 9. The Bertz CT molecular complexity index is 1080. The van der Waals surface area contributed by atoms with Gasteiger partial charge in [-0.15, -0.1) is 6.58 Å². The summed E-state index contributed by atoms with van der Waals surface area (Å²) < 4.78 is 75.6. The molecule has 2 aromatic carbocycles. The molecule has 5 nitrogen and oxygen atoms in total. The van der Waals surface area contributed by atoms with E-state index in [0.717, 1.165) is 11.6 Å². The largest absolute Gasteiger partial charge is 0.494 e. The van der Waals surface area contributed by atoms with Crippen LogP contribution in [-0.2, 0) is 16.4 Å². The van der Waals surface area contributed by atoms with Gasteiger partial charge in [-0.1, -0.05) is 19.1 Å². The molecule has 2 N–H and O–H groups in total. The molecule has 1 fully saturated rings. The van der Waals surface area contributed by atoms with Crippen molar-refractivity contribution in [2.24, 2.45) is 0 Å². The molecule has 0 spiro atoms. The number of aryl methyl sites for hydroxylation is 1. The Morgan fingerprint density at radius 3 is 2.40 bits per heavy atom. The molecular formula is C21H23F3N2O3S. The lowest BCUT2D eigenvalue weighted by Gasteiger charge is -2.21. The molecular weight excluding hydrogens is 417 g/mol. The highest BCUT2D eigenvalue weighted by Crippen LogP contribution is 2.49. The Morgan fingerprint density at radius 1 is 1.17 bits per heavy atom. The number of ether oxygens (including phenoxy) is 1. The van der Waals surface area contributed by atoms with E-state index >= 15 is 0 Å². The van der Waals surface area contributed by atoms with Gasteiger partial charge in [-0.2, -0.15) is 0 Å². The van der Waals surface area contributed by atoms with Gasteiger partial charge in [0.1, 0.15) is 22.9 Å². The third-order valence-corrected chi connectivity index (χ3v) is 7.42. The molecule has 0 amide bonds. The van der Waals surface area contributed by atoms with Gasteiger partial charge in [0, 0.05) is 6.07 Å². The number of allylic oxidation sites excluding steroid dienone is 1. The number of sulfonamides is 1. The van der Waals surface area contributed by atoms with Crippen molar-refractivity contribution >= 4 is 27.1 Å². The maximum atomic E-state index is 14.7. The minimum atomic E-state index is -3.99. The number of hydrogen-bond donors (Lipinski definition) is 2. The molecule has 3 rings (SSSR count). The van der Waals surface area contributed by atoms with Gasteiger partial charge in [0.25, 0.3) is 0 Å². The Balaban J connectivity index is 2.09. The van der Waals surface area contributed by atoms with E-state index in [9.17, 15) is 21.6 Å². The number of anilines is 3. The zero-order chi connectivity index (χ0) is 22.1. The topological polar surface area (TPSA) is 67.4 Å². The van der Waals surface area contributed by atoms with E-state index in [1.807, 2.05) is 6.92 Å². The zero-order valence-electron chi connectivity index (χ0n) is 16.7. The summed E-state index contributed by atoms with van der Waals surface area (Å²) >= 11 is 0. The fraction of sp³-hybridized carbons (Fsp3) is 0.333. The second-order valence-electron chi connectivity index (χ2n) is 7.20. The summed E-state index contributed by atoms with van der Waals surface area (Å²) in [6.45, 7) is 5.43. The van der Waals surface area contributed by atoms with Gasteiger partial charge >= 0.3 is 0 Å². The molecule has 162 valence electrons. The molecule has 1 saturated carbocycles. The summed E-state index contributed by atoms with van der Waals surface area (Å²) in [4.78, 5) is 0. The minimum Gasteiger partial charge on any atom is -0.494 e. The SMILES string of the molecule is C=CCC1(S(=O)(=O)Nc2c(OC)cc(F)c(F)c2Nc2ccc(CC)cc2F)CC1. The van der Waals surface area contributed by atoms with Gasteiger partial charge in [0.2, 0.25) is 10.0 Å². The lowest BCUT2D eigenvalue weighted by Crippen LogP contribution is -2.30. The van der Waals surface area contributed by atoms with Gasteiger partial charge in [0.05, 0.1) is 17.5 Å². The maximum absolute atomic E-state index is 14.7. The van der Waals surface area contributed by atoms with Crippen molar-refractivity contribution in [3.05, 3.63) is 59.9 Å². The van der Waals surface area contributed by atoms with E-state index in [4.69, 9.17) is 4.74 Å². The van der Waals surface area contributed by atoms with Crippen LogP contribution in [0, 0.1) is 17.5 Å². The van der Waals surface area contributed by atoms with Crippen molar-refractivity contribution in [3.8, 4) is 5.75 Å². The van der Waals surface area contributed by atoms with Crippen molar-refractivity contribution < 1.29 is 26.3 Å². The third kappa shape index (κ3) is 3.98. The van der Waals surface area contributed by atoms with Gasteiger partial charge in [-0.25, -0.2) is 21.6 Å². The van der Waals surface area contributed by atoms with E-state index < -0.39 is 37.9 Å². The molecule has 0 atom stereocenters. The normalized spacial score (nSPS) is 14.8. The molecule has 1 aliphatic carbocycles. The van der Waals surface area contributed by atoms with Crippen molar-refractivity contribution in [1.29, 1.82) is 0 Å². The predicted octanol–water partition coefficient (Wildman–Crippen LogP) is 5.27. The summed E-state index contributed by atoms with van der Waals surface area (Å²) in [5, 5.41) is 2.49.